The molecule has 0 aromatic carbocycles. The van der Waals surface area contributed by atoms with Crippen LogP contribution in [0.15, 0.2) is 4.52 Å². The molecule has 6 heteroatoms. The Hall–Kier alpha value is -1.43. The number of methoxy groups -OCH3 is 1. The smallest absolute Gasteiger partial charge is 0.377 e. The molecule has 1 N–H and O–H groups in total. The summed E-state index contributed by atoms with van der Waals surface area (Å²) in [6.07, 6.45) is -0.384. The first kappa shape index (κ1) is 8.66. The molecule has 1 aromatic heterocycles. The second-order valence-electron chi connectivity index (χ2n) is 2.14. The van der Waals surface area contributed by atoms with Crippen LogP contribution in [0.1, 0.15) is 29.5 Å². The molecule has 6 nitrogen and oxygen atoms in total. The van der Waals surface area contributed by atoms with Gasteiger partial charge in [0.1, 0.15) is 6.10 Å². The molecule has 1 heterocycles. The molecule has 0 aliphatic rings. The van der Waals surface area contributed by atoms with Gasteiger partial charge in [0.2, 0.25) is 0 Å². The van der Waals surface area contributed by atoms with Crippen LogP contribution in [0.3, 0.4) is 0 Å². The number of rotatable bonds is 3. The topological polar surface area (TPSA) is 85.5 Å². The Kier molecular flexibility index (Phi) is 2.39. The van der Waals surface area contributed by atoms with Crippen molar-refractivity contribution in [1.82, 2.24) is 10.1 Å². The number of hydrogen-bond donors (Lipinski definition) is 1. The van der Waals surface area contributed by atoms with E-state index in [1.165, 1.54) is 7.11 Å². The van der Waals surface area contributed by atoms with E-state index in [0.29, 0.717) is 0 Å². The molecule has 0 aliphatic heterocycles. The summed E-state index contributed by atoms with van der Waals surface area (Å²) in [5.74, 6) is -1.41. The summed E-state index contributed by atoms with van der Waals surface area (Å²) >= 11 is 0. The van der Waals surface area contributed by atoms with Crippen molar-refractivity contribution < 1.29 is 19.2 Å². The highest BCUT2D eigenvalue weighted by Gasteiger charge is 2.16. The van der Waals surface area contributed by atoms with Gasteiger partial charge in [0, 0.05) is 7.11 Å². The fraction of sp³-hybridized carbons (Fsp3) is 0.500. The van der Waals surface area contributed by atoms with Gasteiger partial charge in [-0.1, -0.05) is 0 Å². The van der Waals surface area contributed by atoms with Crippen molar-refractivity contribution >= 4 is 5.97 Å². The van der Waals surface area contributed by atoms with Crippen molar-refractivity contribution in [1.29, 1.82) is 0 Å². The summed E-state index contributed by atoms with van der Waals surface area (Å²) in [4.78, 5) is 13.9. The lowest BCUT2D eigenvalue weighted by Gasteiger charge is -2.00. The van der Waals surface area contributed by atoms with Gasteiger partial charge in [-0.3, -0.25) is 0 Å². The summed E-state index contributed by atoms with van der Waals surface area (Å²) in [6.45, 7) is 1.68. The Balaban J connectivity index is 2.84. The molecule has 66 valence electrons. The van der Waals surface area contributed by atoms with Gasteiger partial charge >= 0.3 is 5.97 Å². The zero-order valence-corrected chi connectivity index (χ0v) is 6.64. The van der Waals surface area contributed by atoms with Gasteiger partial charge in [0.25, 0.3) is 11.7 Å². The minimum Gasteiger partial charge on any atom is -0.475 e. The summed E-state index contributed by atoms with van der Waals surface area (Å²) in [7, 11) is 1.47. The Morgan fingerprint density at radius 3 is 2.83 bits per heavy atom. The Labute approximate surface area is 68.1 Å². The van der Waals surface area contributed by atoms with Crippen LogP contribution in [-0.2, 0) is 4.74 Å². The first-order valence-corrected chi connectivity index (χ1v) is 3.25. The van der Waals surface area contributed by atoms with E-state index in [-0.39, 0.29) is 17.8 Å². The average Bonchev–Trinajstić information content (AvgIpc) is 2.51. The molecule has 1 unspecified atom stereocenters. The Bertz CT molecular complexity index is 283. The highest BCUT2D eigenvalue weighted by atomic mass is 16.5. The van der Waals surface area contributed by atoms with Crippen LogP contribution < -0.4 is 0 Å². The van der Waals surface area contributed by atoms with E-state index in [0.717, 1.165) is 0 Å². The summed E-state index contributed by atoms with van der Waals surface area (Å²) < 4.78 is 9.45. The van der Waals surface area contributed by atoms with Gasteiger partial charge in [-0.25, -0.2) is 4.79 Å². The quantitative estimate of drug-likeness (QED) is 0.713. The molecule has 0 radical (unpaired) electrons. The molecule has 0 bridgehead atoms. The fourth-order valence-electron chi connectivity index (χ4n) is 0.588. The van der Waals surface area contributed by atoms with Gasteiger partial charge in [0.05, 0.1) is 0 Å². The van der Waals surface area contributed by atoms with E-state index >= 15 is 0 Å². The largest absolute Gasteiger partial charge is 0.475 e. The molecule has 0 spiro atoms. The van der Waals surface area contributed by atoms with Crippen LogP contribution in [0.5, 0.6) is 0 Å². The number of ether oxygens (including phenoxy) is 1. The van der Waals surface area contributed by atoms with Crippen LogP contribution in [0.25, 0.3) is 0 Å². The summed E-state index contributed by atoms with van der Waals surface area (Å²) in [6, 6.07) is 0. The van der Waals surface area contributed by atoms with Gasteiger partial charge in [0.15, 0.2) is 0 Å². The summed E-state index contributed by atoms with van der Waals surface area (Å²) in [5, 5.41) is 11.6. The normalized spacial score (nSPS) is 12.8. The third-order valence-corrected chi connectivity index (χ3v) is 1.33. The predicted octanol–water partition coefficient (Wildman–Crippen LogP) is 0.475. The fourth-order valence-corrected chi connectivity index (χ4v) is 0.588. The monoisotopic (exact) mass is 172 g/mol. The second kappa shape index (κ2) is 3.31. The van der Waals surface area contributed by atoms with Crippen molar-refractivity contribution in [3.8, 4) is 0 Å². The van der Waals surface area contributed by atoms with E-state index in [9.17, 15) is 4.79 Å². The van der Waals surface area contributed by atoms with E-state index in [2.05, 4.69) is 14.7 Å². The van der Waals surface area contributed by atoms with Crippen LogP contribution in [-0.4, -0.2) is 28.3 Å². The Morgan fingerprint density at radius 2 is 2.42 bits per heavy atom. The maximum absolute atomic E-state index is 10.3. The third-order valence-electron chi connectivity index (χ3n) is 1.33. The molecule has 0 amide bonds. The zero-order valence-electron chi connectivity index (χ0n) is 6.64. The lowest BCUT2D eigenvalue weighted by atomic mass is 10.4. The van der Waals surface area contributed by atoms with Crippen molar-refractivity contribution in [2.75, 3.05) is 7.11 Å². The third kappa shape index (κ3) is 1.59. The molecule has 12 heavy (non-hydrogen) atoms. The lowest BCUT2D eigenvalue weighted by molar-refractivity contribution is 0.0679. The highest BCUT2D eigenvalue weighted by Crippen LogP contribution is 2.12. The molecule has 1 aromatic rings. The maximum Gasteiger partial charge on any atom is 0.377 e. The molecule has 0 aliphatic carbocycles. The van der Waals surface area contributed by atoms with Crippen molar-refractivity contribution in [2.45, 2.75) is 13.0 Å². The molecule has 0 saturated heterocycles. The van der Waals surface area contributed by atoms with Gasteiger partial charge in [-0.2, -0.15) is 4.98 Å². The predicted molar refractivity (Wildman–Crippen MR) is 36.7 cm³/mol. The van der Waals surface area contributed by atoms with Crippen LogP contribution in [0.2, 0.25) is 0 Å². The molecule has 0 fully saturated rings. The van der Waals surface area contributed by atoms with E-state index in [1.807, 2.05) is 0 Å². The number of carboxylic acids is 1. The molecule has 1 atom stereocenters. The first-order chi connectivity index (χ1) is 5.65. The Morgan fingerprint density at radius 1 is 1.75 bits per heavy atom. The van der Waals surface area contributed by atoms with Crippen molar-refractivity contribution in [3.05, 3.63) is 11.7 Å². The van der Waals surface area contributed by atoms with Crippen LogP contribution in [0.4, 0.5) is 0 Å². The van der Waals surface area contributed by atoms with Crippen molar-refractivity contribution in [2.24, 2.45) is 0 Å². The number of aromatic carboxylic acids is 1. The van der Waals surface area contributed by atoms with Gasteiger partial charge in [-0.05, 0) is 12.1 Å². The molecular formula is C6H8N2O4. The van der Waals surface area contributed by atoms with E-state index < -0.39 is 5.97 Å². The van der Waals surface area contributed by atoms with Gasteiger partial charge < -0.3 is 14.4 Å². The number of aromatic nitrogens is 2. The molecule has 1 rings (SSSR count). The van der Waals surface area contributed by atoms with Gasteiger partial charge in [-0.15, -0.1) is 0 Å². The number of carboxylic acid groups (broad SMARTS) is 1. The number of nitrogens with zero attached hydrogens (tertiary/aromatic N) is 2. The van der Waals surface area contributed by atoms with Crippen molar-refractivity contribution in [3.63, 3.8) is 0 Å². The number of carbonyl (C=O) groups is 1. The minimum atomic E-state index is -1.21. The molecular weight excluding hydrogens is 164 g/mol. The highest BCUT2D eigenvalue weighted by molar-refractivity contribution is 5.82. The summed E-state index contributed by atoms with van der Waals surface area (Å²) in [5.41, 5.74) is 0. The van der Waals surface area contributed by atoms with E-state index in [1.54, 1.807) is 6.92 Å². The second-order valence-corrected chi connectivity index (χ2v) is 2.14. The molecule has 0 saturated carbocycles. The average molecular weight is 172 g/mol. The van der Waals surface area contributed by atoms with E-state index in [4.69, 9.17) is 9.84 Å². The SMILES string of the molecule is COC(C)c1nc(C(=O)O)no1. The lowest BCUT2D eigenvalue weighted by Crippen LogP contribution is -2.00. The zero-order chi connectivity index (χ0) is 9.14. The minimum absolute atomic E-state index is 0.162. The number of hydrogen-bond acceptors (Lipinski definition) is 5. The van der Waals surface area contributed by atoms with Crippen LogP contribution in [0, 0.1) is 0 Å². The first-order valence-electron chi connectivity index (χ1n) is 3.25. The van der Waals surface area contributed by atoms with Crippen LogP contribution >= 0.6 is 0 Å². The standard InChI is InChI=1S/C6H8N2O4/c1-3(11-2)5-7-4(6(9)10)8-12-5/h3H,1-2H3,(H,9,10). The maximum atomic E-state index is 10.3.